The highest BCUT2D eigenvalue weighted by Crippen LogP contribution is 2.16. The molecule has 1 atom stereocenters. The number of rotatable bonds is 8. The third kappa shape index (κ3) is 4.60. The van der Waals surface area contributed by atoms with Gasteiger partial charge in [0.05, 0.1) is 6.04 Å². The second kappa shape index (κ2) is 8.43. The van der Waals surface area contributed by atoms with Crippen molar-refractivity contribution in [2.75, 3.05) is 13.1 Å². The van der Waals surface area contributed by atoms with Crippen molar-refractivity contribution in [3.63, 3.8) is 0 Å². The molecule has 0 heterocycles. The quantitative estimate of drug-likeness (QED) is 0.650. The molecule has 0 saturated carbocycles. The molecule has 0 fully saturated rings. The average Bonchev–Trinajstić information content (AvgIpc) is 2.48. The standard InChI is InChI=1S/C17H26ClNO/c1-5-14(6-2)12-19(7-3)13(4)17(20)15-8-10-16(18)11-9-15/h8-11,13-14H,5-7,12H2,1-4H3. The molecule has 0 aromatic heterocycles. The lowest BCUT2D eigenvalue weighted by atomic mass is 9.99. The Hall–Kier alpha value is -0.860. The highest BCUT2D eigenvalue weighted by Gasteiger charge is 2.22. The van der Waals surface area contributed by atoms with Crippen LogP contribution in [0.25, 0.3) is 0 Å². The van der Waals surface area contributed by atoms with E-state index in [4.69, 9.17) is 11.6 Å². The minimum atomic E-state index is -0.0817. The maximum atomic E-state index is 12.5. The Labute approximate surface area is 128 Å². The van der Waals surface area contributed by atoms with E-state index >= 15 is 0 Å². The number of carbonyl (C=O) groups is 1. The molecule has 20 heavy (non-hydrogen) atoms. The summed E-state index contributed by atoms with van der Waals surface area (Å²) < 4.78 is 0. The smallest absolute Gasteiger partial charge is 0.179 e. The van der Waals surface area contributed by atoms with Gasteiger partial charge in [-0.3, -0.25) is 9.69 Å². The molecule has 1 unspecified atom stereocenters. The van der Waals surface area contributed by atoms with Gasteiger partial charge in [0.25, 0.3) is 0 Å². The first-order valence-corrected chi connectivity index (χ1v) is 7.95. The number of halogens is 1. The first-order valence-electron chi connectivity index (χ1n) is 7.57. The number of carbonyl (C=O) groups excluding carboxylic acids is 1. The van der Waals surface area contributed by atoms with Crippen molar-refractivity contribution in [1.82, 2.24) is 4.90 Å². The molecule has 3 heteroatoms. The van der Waals surface area contributed by atoms with Gasteiger partial charge in [-0.15, -0.1) is 0 Å². The van der Waals surface area contributed by atoms with Gasteiger partial charge in [0.2, 0.25) is 0 Å². The molecule has 0 bridgehead atoms. The van der Waals surface area contributed by atoms with E-state index in [1.165, 1.54) is 0 Å². The zero-order valence-corrected chi connectivity index (χ0v) is 13.8. The Morgan fingerprint density at radius 3 is 2.15 bits per heavy atom. The molecule has 0 aliphatic rings. The molecule has 1 rings (SSSR count). The van der Waals surface area contributed by atoms with Crippen molar-refractivity contribution in [3.8, 4) is 0 Å². The van der Waals surface area contributed by atoms with Crippen molar-refractivity contribution in [2.24, 2.45) is 5.92 Å². The SMILES string of the molecule is CCC(CC)CN(CC)C(C)C(=O)c1ccc(Cl)cc1. The summed E-state index contributed by atoms with van der Waals surface area (Å²) in [5.41, 5.74) is 0.741. The minimum absolute atomic E-state index is 0.0817. The Kier molecular flexibility index (Phi) is 7.25. The lowest BCUT2D eigenvalue weighted by Crippen LogP contribution is -2.41. The van der Waals surface area contributed by atoms with Crippen LogP contribution in [0.5, 0.6) is 0 Å². The minimum Gasteiger partial charge on any atom is -0.294 e. The predicted octanol–water partition coefficient (Wildman–Crippen LogP) is 4.67. The van der Waals surface area contributed by atoms with Crippen LogP contribution in [0.1, 0.15) is 50.9 Å². The van der Waals surface area contributed by atoms with Crippen molar-refractivity contribution in [2.45, 2.75) is 46.6 Å². The van der Waals surface area contributed by atoms with Crippen molar-refractivity contribution >= 4 is 17.4 Å². The van der Waals surface area contributed by atoms with Gasteiger partial charge in [-0.1, -0.05) is 45.2 Å². The Balaban J connectivity index is 2.77. The Morgan fingerprint density at radius 1 is 1.15 bits per heavy atom. The average molecular weight is 296 g/mol. The first kappa shape index (κ1) is 17.2. The van der Waals surface area contributed by atoms with E-state index < -0.39 is 0 Å². The van der Waals surface area contributed by atoms with Crippen LogP contribution in [0.4, 0.5) is 0 Å². The van der Waals surface area contributed by atoms with Gasteiger partial charge in [-0.2, -0.15) is 0 Å². The fraction of sp³-hybridized carbons (Fsp3) is 0.588. The third-order valence-corrected chi connectivity index (χ3v) is 4.36. The third-order valence-electron chi connectivity index (χ3n) is 4.11. The molecule has 0 saturated heterocycles. The van der Waals surface area contributed by atoms with Crippen LogP contribution in [-0.2, 0) is 0 Å². The Bertz CT molecular complexity index is 412. The summed E-state index contributed by atoms with van der Waals surface area (Å²) in [5, 5.41) is 0.665. The van der Waals surface area contributed by atoms with E-state index in [0.29, 0.717) is 10.9 Å². The van der Waals surface area contributed by atoms with E-state index in [0.717, 1.165) is 31.5 Å². The van der Waals surface area contributed by atoms with Crippen molar-refractivity contribution < 1.29 is 4.79 Å². The van der Waals surface area contributed by atoms with Gasteiger partial charge in [0.1, 0.15) is 0 Å². The second-order valence-corrected chi connectivity index (χ2v) is 5.75. The van der Waals surface area contributed by atoms with Crippen LogP contribution in [0.2, 0.25) is 5.02 Å². The molecule has 112 valence electrons. The summed E-state index contributed by atoms with van der Waals surface area (Å²) in [5.74, 6) is 0.838. The molecule has 1 aromatic rings. The van der Waals surface area contributed by atoms with Crippen LogP contribution in [0.15, 0.2) is 24.3 Å². The van der Waals surface area contributed by atoms with Gasteiger partial charge in [0, 0.05) is 17.1 Å². The maximum absolute atomic E-state index is 12.5. The number of likely N-dealkylation sites (N-methyl/N-ethyl adjacent to an activating group) is 1. The number of nitrogens with zero attached hydrogens (tertiary/aromatic N) is 1. The molecule has 2 nitrogen and oxygen atoms in total. The van der Waals surface area contributed by atoms with E-state index in [1.54, 1.807) is 12.1 Å². The zero-order chi connectivity index (χ0) is 15.1. The lowest BCUT2D eigenvalue weighted by molar-refractivity contribution is 0.0819. The topological polar surface area (TPSA) is 20.3 Å². The monoisotopic (exact) mass is 295 g/mol. The molecule has 0 aliphatic heterocycles. The van der Waals surface area contributed by atoms with E-state index in [2.05, 4.69) is 25.7 Å². The number of hydrogen-bond acceptors (Lipinski definition) is 2. The summed E-state index contributed by atoms with van der Waals surface area (Å²) in [6.07, 6.45) is 2.32. The highest BCUT2D eigenvalue weighted by atomic mass is 35.5. The second-order valence-electron chi connectivity index (χ2n) is 5.32. The summed E-state index contributed by atoms with van der Waals surface area (Å²) in [6.45, 7) is 10.4. The number of Topliss-reactive ketones (excluding diaryl/α,β-unsaturated/α-hetero) is 1. The molecule has 0 N–H and O–H groups in total. The summed E-state index contributed by atoms with van der Waals surface area (Å²) in [7, 11) is 0. The van der Waals surface area contributed by atoms with Crippen LogP contribution in [0.3, 0.4) is 0 Å². The molecule has 0 spiro atoms. The number of ketones is 1. The van der Waals surface area contributed by atoms with E-state index in [1.807, 2.05) is 19.1 Å². The summed E-state index contributed by atoms with van der Waals surface area (Å²) in [4.78, 5) is 14.8. The van der Waals surface area contributed by atoms with Gasteiger partial charge in [-0.25, -0.2) is 0 Å². The molecule has 0 radical (unpaired) electrons. The van der Waals surface area contributed by atoms with Gasteiger partial charge >= 0.3 is 0 Å². The van der Waals surface area contributed by atoms with Crippen LogP contribution >= 0.6 is 11.6 Å². The molecular formula is C17H26ClNO. The van der Waals surface area contributed by atoms with Crippen LogP contribution in [-0.4, -0.2) is 29.8 Å². The van der Waals surface area contributed by atoms with Crippen LogP contribution in [0, 0.1) is 5.92 Å². The van der Waals surface area contributed by atoms with Crippen molar-refractivity contribution in [1.29, 1.82) is 0 Å². The largest absolute Gasteiger partial charge is 0.294 e. The van der Waals surface area contributed by atoms with Gasteiger partial charge < -0.3 is 0 Å². The molecule has 0 amide bonds. The summed E-state index contributed by atoms with van der Waals surface area (Å²) >= 11 is 5.87. The van der Waals surface area contributed by atoms with Crippen molar-refractivity contribution in [3.05, 3.63) is 34.9 Å². The first-order chi connectivity index (χ1) is 9.53. The van der Waals surface area contributed by atoms with E-state index in [9.17, 15) is 4.79 Å². The lowest BCUT2D eigenvalue weighted by Gasteiger charge is -2.30. The van der Waals surface area contributed by atoms with Crippen LogP contribution < -0.4 is 0 Å². The molecule has 0 aliphatic carbocycles. The fourth-order valence-electron chi connectivity index (χ4n) is 2.46. The van der Waals surface area contributed by atoms with Gasteiger partial charge in [-0.05, 0) is 43.7 Å². The predicted molar refractivity (Wildman–Crippen MR) is 86.6 cm³/mol. The van der Waals surface area contributed by atoms with E-state index in [-0.39, 0.29) is 11.8 Å². The molecule has 1 aromatic carbocycles. The Morgan fingerprint density at radius 2 is 1.70 bits per heavy atom. The normalized spacial score (nSPS) is 12.9. The maximum Gasteiger partial charge on any atom is 0.179 e. The zero-order valence-electron chi connectivity index (χ0n) is 13.0. The number of benzene rings is 1. The summed E-state index contributed by atoms with van der Waals surface area (Å²) in [6, 6.07) is 7.09. The number of hydrogen-bond donors (Lipinski definition) is 0. The molecular weight excluding hydrogens is 270 g/mol. The fourth-order valence-corrected chi connectivity index (χ4v) is 2.59. The highest BCUT2D eigenvalue weighted by molar-refractivity contribution is 6.30. The van der Waals surface area contributed by atoms with Gasteiger partial charge in [0.15, 0.2) is 5.78 Å².